The van der Waals surface area contributed by atoms with Gasteiger partial charge in [0, 0.05) is 18.7 Å². The molecule has 7 heteroatoms. The summed E-state index contributed by atoms with van der Waals surface area (Å²) < 4.78 is 18.1. The summed E-state index contributed by atoms with van der Waals surface area (Å²) in [5.74, 6) is -1.02. The third-order valence-corrected chi connectivity index (χ3v) is 3.76. The number of hydrogen-bond acceptors (Lipinski definition) is 5. The standard InChI is InChI=1S/C15H16FN3O3/c1-9-3-2-6-19(8-9)15(21)14-17-13(18-22-14)10-4-5-11(16)12(20)7-10/h4-5,7,9,20H,2-3,6,8H2,1H3. The minimum atomic E-state index is -0.731. The van der Waals surface area contributed by atoms with Crippen molar-refractivity contribution in [2.45, 2.75) is 19.8 Å². The summed E-state index contributed by atoms with van der Waals surface area (Å²) in [7, 11) is 0. The first-order valence-electron chi connectivity index (χ1n) is 7.16. The molecular formula is C15H16FN3O3. The van der Waals surface area contributed by atoms with Crippen LogP contribution >= 0.6 is 0 Å². The Balaban J connectivity index is 1.81. The van der Waals surface area contributed by atoms with Gasteiger partial charge in [0.2, 0.25) is 5.82 Å². The van der Waals surface area contributed by atoms with Gasteiger partial charge in [0.05, 0.1) is 0 Å². The zero-order chi connectivity index (χ0) is 15.7. The van der Waals surface area contributed by atoms with E-state index in [9.17, 15) is 14.3 Å². The molecule has 2 heterocycles. The van der Waals surface area contributed by atoms with Crippen LogP contribution < -0.4 is 0 Å². The van der Waals surface area contributed by atoms with E-state index in [2.05, 4.69) is 17.1 Å². The Labute approximate surface area is 126 Å². The number of carbonyl (C=O) groups excluding carboxylic acids is 1. The molecule has 1 unspecified atom stereocenters. The van der Waals surface area contributed by atoms with E-state index in [1.54, 1.807) is 4.90 Å². The summed E-state index contributed by atoms with van der Waals surface area (Å²) in [5, 5.41) is 13.1. The number of phenols is 1. The van der Waals surface area contributed by atoms with E-state index < -0.39 is 11.6 Å². The Morgan fingerprint density at radius 2 is 2.32 bits per heavy atom. The molecule has 3 rings (SSSR count). The number of benzene rings is 1. The predicted octanol–water partition coefficient (Wildman–Crippen LogP) is 2.45. The van der Waals surface area contributed by atoms with Crippen LogP contribution in [0.5, 0.6) is 5.75 Å². The Kier molecular flexibility index (Phi) is 3.79. The van der Waals surface area contributed by atoms with Crippen molar-refractivity contribution in [1.82, 2.24) is 15.0 Å². The molecule has 2 aromatic rings. The Morgan fingerprint density at radius 1 is 1.50 bits per heavy atom. The van der Waals surface area contributed by atoms with Gasteiger partial charge in [-0.1, -0.05) is 12.1 Å². The summed E-state index contributed by atoms with van der Waals surface area (Å²) in [6.45, 7) is 3.45. The van der Waals surface area contributed by atoms with E-state index >= 15 is 0 Å². The van der Waals surface area contributed by atoms with Crippen molar-refractivity contribution >= 4 is 5.91 Å². The fourth-order valence-electron chi connectivity index (χ4n) is 2.59. The highest BCUT2D eigenvalue weighted by Crippen LogP contribution is 2.24. The number of nitrogens with zero attached hydrogens (tertiary/aromatic N) is 3. The lowest BCUT2D eigenvalue weighted by atomic mass is 10.0. The van der Waals surface area contributed by atoms with Crippen LogP contribution in [0, 0.1) is 11.7 Å². The molecule has 6 nitrogen and oxygen atoms in total. The van der Waals surface area contributed by atoms with E-state index in [0.717, 1.165) is 18.9 Å². The van der Waals surface area contributed by atoms with Crippen LogP contribution in [-0.4, -0.2) is 39.1 Å². The maximum Gasteiger partial charge on any atom is 0.316 e. The highest BCUT2D eigenvalue weighted by atomic mass is 19.1. The summed E-state index contributed by atoms with van der Waals surface area (Å²) >= 11 is 0. The van der Waals surface area contributed by atoms with Crippen molar-refractivity contribution in [3.05, 3.63) is 29.9 Å². The molecule has 1 fully saturated rings. The second kappa shape index (κ2) is 5.75. The number of hydrogen-bond donors (Lipinski definition) is 1. The fourth-order valence-corrected chi connectivity index (χ4v) is 2.59. The normalized spacial score (nSPS) is 18.5. The molecule has 0 radical (unpaired) electrons. The molecule has 22 heavy (non-hydrogen) atoms. The molecule has 1 aromatic carbocycles. The molecule has 116 valence electrons. The van der Waals surface area contributed by atoms with Gasteiger partial charge in [0.1, 0.15) is 0 Å². The number of piperidine rings is 1. The van der Waals surface area contributed by atoms with Crippen LogP contribution in [0.15, 0.2) is 22.7 Å². The minimum absolute atomic E-state index is 0.0899. The van der Waals surface area contributed by atoms with E-state index in [1.165, 1.54) is 12.1 Å². The monoisotopic (exact) mass is 305 g/mol. The molecule has 1 amide bonds. The second-order valence-electron chi connectivity index (χ2n) is 5.59. The number of aromatic hydroxyl groups is 1. The van der Waals surface area contributed by atoms with Crippen molar-refractivity contribution in [3.8, 4) is 17.1 Å². The van der Waals surface area contributed by atoms with E-state index in [0.29, 0.717) is 24.6 Å². The molecule has 1 aromatic heterocycles. The van der Waals surface area contributed by atoms with Gasteiger partial charge in [0.15, 0.2) is 11.6 Å². The van der Waals surface area contributed by atoms with Gasteiger partial charge in [-0.05, 0) is 37.0 Å². The number of likely N-dealkylation sites (tertiary alicyclic amines) is 1. The molecule has 0 bridgehead atoms. The van der Waals surface area contributed by atoms with Gasteiger partial charge in [-0.3, -0.25) is 4.79 Å². The lowest BCUT2D eigenvalue weighted by molar-refractivity contribution is 0.0633. The first-order valence-corrected chi connectivity index (χ1v) is 7.16. The predicted molar refractivity (Wildman–Crippen MR) is 75.7 cm³/mol. The molecule has 0 aliphatic carbocycles. The maximum atomic E-state index is 13.1. The lowest BCUT2D eigenvalue weighted by Gasteiger charge is -2.29. The molecule has 1 atom stereocenters. The van der Waals surface area contributed by atoms with Crippen molar-refractivity contribution in [2.24, 2.45) is 5.92 Å². The van der Waals surface area contributed by atoms with E-state index in [-0.39, 0.29) is 17.6 Å². The quantitative estimate of drug-likeness (QED) is 0.922. The van der Waals surface area contributed by atoms with Crippen molar-refractivity contribution in [1.29, 1.82) is 0 Å². The smallest absolute Gasteiger partial charge is 0.316 e. The van der Waals surface area contributed by atoms with Crippen molar-refractivity contribution in [2.75, 3.05) is 13.1 Å². The number of aromatic nitrogens is 2. The molecule has 1 aliphatic heterocycles. The maximum absolute atomic E-state index is 13.1. The summed E-state index contributed by atoms with van der Waals surface area (Å²) in [6, 6.07) is 3.71. The topological polar surface area (TPSA) is 79.5 Å². The third-order valence-electron chi connectivity index (χ3n) is 3.76. The molecule has 1 aliphatic rings. The van der Waals surface area contributed by atoms with Crippen molar-refractivity contribution in [3.63, 3.8) is 0 Å². The molecule has 1 saturated heterocycles. The number of rotatable bonds is 2. The van der Waals surface area contributed by atoms with Crippen LogP contribution in [0.1, 0.15) is 30.5 Å². The fraction of sp³-hybridized carbons (Fsp3) is 0.400. The lowest BCUT2D eigenvalue weighted by Crippen LogP contribution is -2.39. The van der Waals surface area contributed by atoms with Crippen LogP contribution in [0.25, 0.3) is 11.4 Å². The molecule has 0 saturated carbocycles. The number of phenolic OH excluding ortho intramolecular Hbond substituents is 1. The molecule has 0 spiro atoms. The molecule has 1 N–H and O–H groups in total. The highest BCUT2D eigenvalue weighted by Gasteiger charge is 2.26. The SMILES string of the molecule is CC1CCCN(C(=O)c2nc(-c3ccc(F)c(O)c3)no2)C1. The first kappa shape index (κ1) is 14.5. The average Bonchev–Trinajstić information content (AvgIpc) is 2.99. The Morgan fingerprint density at radius 3 is 3.05 bits per heavy atom. The van der Waals surface area contributed by atoms with Crippen LogP contribution in [0.3, 0.4) is 0 Å². The van der Waals surface area contributed by atoms with Crippen LogP contribution in [0.2, 0.25) is 0 Å². The minimum Gasteiger partial charge on any atom is -0.505 e. The van der Waals surface area contributed by atoms with Crippen molar-refractivity contribution < 1.29 is 18.8 Å². The highest BCUT2D eigenvalue weighted by molar-refractivity contribution is 5.90. The average molecular weight is 305 g/mol. The second-order valence-corrected chi connectivity index (χ2v) is 5.59. The summed E-state index contributed by atoms with van der Waals surface area (Å²) in [4.78, 5) is 18.1. The zero-order valence-electron chi connectivity index (χ0n) is 12.1. The molecular weight excluding hydrogens is 289 g/mol. The number of amides is 1. The largest absolute Gasteiger partial charge is 0.505 e. The van der Waals surface area contributed by atoms with Gasteiger partial charge in [-0.25, -0.2) is 4.39 Å². The first-order chi connectivity index (χ1) is 10.5. The van der Waals surface area contributed by atoms with E-state index in [4.69, 9.17) is 4.52 Å². The number of halogens is 1. The van der Waals surface area contributed by atoms with Crippen LogP contribution in [-0.2, 0) is 0 Å². The van der Waals surface area contributed by atoms with Gasteiger partial charge < -0.3 is 14.5 Å². The van der Waals surface area contributed by atoms with E-state index in [1.807, 2.05) is 0 Å². The van der Waals surface area contributed by atoms with Gasteiger partial charge in [0.25, 0.3) is 0 Å². The Hall–Kier alpha value is -2.44. The summed E-state index contributed by atoms with van der Waals surface area (Å²) in [6.07, 6.45) is 2.06. The Bertz CT molecular complexity index is 701. The van der Waals surface area contributed by atoms with Gasteiger partial charge in [-0.15, -0.1) is 0 Å². The van der Waals surface area contributed by atoms with Crippen LogP contribution in [0.4, 0.5) is 4.39 Å². The van der Waals surface area contributed by atoms with Gasteiger partial charge in [-0.2, -0.15) is 4.98 Å². The summed E-state index contributed by atoms with van der Waals surface area (Å²) in [5.41, 5.74) is 0.383. The van der Waals surface area contributed by atoms with Gasteiger partial charge >= 0.3 is 11.8 Å². The zero-order valence-corrected chi connectivity index (χ0v) is 12.1. The number of carbonyl (C=O) groups is 1. The third kappa shape index (κ3) is 2.79.